The second-order valence-electron chi connectivity index (χ2n) is 2.73. The van der Waals surface area contributed by atoms with Crippen molar-refractivity contribution in [2.75, 3.05) is 0 Å². The molecule has 0 saturated carbocycles. The molecule has 3 heteroatoms. The monoisotopic (exact) mass is 183 g/mol. The van der Waals surface area contributed by atoms with Gasteiger partial charge in [0.15, 0.2) is 0 Å². The molecule has 1 heterocycles. The van der Waals surface area contributed by atoms with Crippen molar-refractivity contribution in [3.05, 3.63) is 21.9 Å². The fourth-order valence-electron chi connectivity index (χ4n) is 1.09. The molecular formula is C9H13NOS. The Morgan fingerprint density at radius 2 is 2.42 bits per heavy atom. The van der Waals surface area contributed by atoms with Crippen LogP contribution in [-0.2, 0) is 6.42 Å². The number of thiophene rings is 1. The van der Waals surface area contributed by atoms with Crippen molar-refractivity contribution in [3.8, 4) is 0 Å². The molecule has 66 valence electrons. The van der Waals surface area contributed by atoms with Gasteiger partial charge in [0.05, 0.1) is 5.56 Å². The fraction of sp³-hybridized carbons (Fsp3) is 0.444. The predicted molar refractivity (Wildman–Crippen MR) is 51.4 cm³/mol. The number of carbonyl (C=O) groups excluding carboxylic acids is 1. The van der Waals surface area contributed by atoms with Gasteiger partial charge in [-0.15, -0.1) is 11.3 Å². The summed E-state index contributed by atoms with van der Waals surface area (Å²) in [4.78, 5) is 12.0. The quantitative estimate of drug-likeness (QED) is 0.764. The molecule has 0 saturated heterocycles. The van der Waals surface area contributed by atoms with Crippen molar-refractivity contribution in [1.82, 2.24) is 0 Å². The first kappa shape index (κ1) is 9.26. The highest BCUT2D eigenvalue weighted by atomic mass is 32.1. The van der Waals surface area contributed by atoms with E-state index < -0.39 is 0 Å². The number of hydrogen-bond acceptors (Lipinski definition) is 2. The first-order valence-electron chi connectivity index (χ1n) is 4.12. The van der Waals surface area contributed by atoms with Crippen molar-refractivity contribution in [2.45, 2.75) is 26.2 Å². The summed E-state index contributed by atoms with van der Waals surface area (Å²) in [5, 5.41) is 1.92. The van der Waals surface area contributed by atoms with E-state index in [0.717, 1.165) is 24.1 Å². The molecule has 2 nitrogen and oxygen atoms in total. The topological polar surface area (TPSA) is 43.1 Å². The maximum atomic E-state index is 10.9. The normalized spacial score (nSPS) is 10.1. The highest BCUT2D eigenvalue weighted by Gasteiger charge is 2.07. The summed E-state index contributed by atoms with van der Waals surface area (Å²) in [6.07, 6.45) is 3.25. The van der Waals surface area contributed by atoms with Gasteiger partial charge in [-0.3, -0.25) is 4.79 Å². The lowest BCUT2D eigenvalue weighted by Gasteiger charge is -1.97. The molecule has 1 aromatic heterocycles. The molecule has 1 aromatic rings. The van der Waals surface area contributed by atoms with Crippen LogP contribution >= 0.6 is 11.3 Å². The summed E-state index contributed by atoms with van der Waals surface area (Å²) in [5.74, 6) is -0.303. The van der Waals surface area contributed by atoms with Gasteiger partial charge in [-0.1, -0.05) is 13.3 Å². The average molecular weight is 183 g/mol. The Morgan fingerprint density at radius 3 is 3.00 bits per heavy atom. The van der Waals surface area contributed by atoms with Crippen molar-refractivity contribution < 1.29 is 4.79 Å². The molecule has 1 rings (SSSR count). The molecule has 1 amide bonds. The zero-order chi connectivity index (χ0) is 8.97. The Morgan fingerprint density at radius 1 is 1.67 bits per heavy atom. The zero-order valence-corrected chi connectivity index (χ0v) is 7.99. The van der Waals surface area contributed by atoms with Gasteiger partial charge in [0, 0.05) is 4.88 Å². The van der Waals surface area contributed by atoms with E-state index in [4.69, 9.17) is 5.73 Å². The Balaban J connectivity index is 2.70. The molecule has 0 atom stereocenters. The summed E-state index contributed by atoms with van der Waals surface area (Å²) >= 11 is 1.62. The van der Waals surface area contributed by atoms with Crippen LogP contribution < -0.4 is 5.73 Å². The Bertz CT molecular complexity index is 267. The van der Waals surface area contributed by atoms with Crippen LogP contribution in [0.3, 0.4) is 0 Å². The van der Waals surface area contributed by atoms with Crippen LogP contribution in [0.25, 0.3) is 0 Å². The number of rotatable bonds is 4. The molecule has 0 radical (unpaired) electrons. The third-order valence-corrected chi connectivity index (χ3v) is 2.75. The van der Waals surface area contributed by atoms with Crippen LogP contribution in [0.15, 0.2) is 11.4 Å². The van der Waals surface area contributed by atoms with Gasteiger partial charge >= 0.3 is 0 Å². The maximum absolute atomic E-state index is 10.9. The third-order valence-electron chi connectivity index (χ3n) is 1.77. The number of nitrogens with two attached hydrogens (primary N) is 1. The van der Waals surface area contributed by atoms with E-state index in [0.29, 0.717) is 5.56 Å². The van der Waals surface area contributed by atoms with Crippen molar-refractivity contribution >= 4 is 17.2 Å². The molecule has 2 N–H and O–H groups in total. The molecule has 0 fully saturated rings. The van der Waals surface area contributed by atoms with Crippen LogP contribution in [0.2, 0.25) is 0 Å². The fourth-order valence-corrected chi connectivity index (χ4v) is 2.02. The lowest BCUT2D eigenvalue weighted by molar-refractivity contribution is 0.1000. The van der Waals surface area contributed by atoms with E-state index >= 15 is 0 Å². The van der Waals surface area contributed by atoms with Gasteiger partial charge in [-0.25, -0.2) is 0 Å². The number of hydrogen-bond donors (Lipinski definition) is 1. The zero-order valence-electron chi connectivity index (χ0n) is 7.17. The number of carbonyl (C=O) groups is 1. The lowest BCUT2D eigenvalue weighted by atomic mass is 10.1. The van der Waals surface area contributed by atoms with Crippen molar-refractivity contribution in [2.24, 2.45) is 5.73 Å². The van der Waals surface area contributed by atoms with Gasteiger partial charge < -0.3 is 5.73 Å². The Kier molecular flexibility index (Phi) is 3.29. The van der Waals surface area contributed by atoms with E-state index in [1.165, 1.54) is 0 Å². The SMILES string of the molecule is CCCCc1sccc1C(N)=O. The van der Waals surface area contributed by atoms with Crippen molar-refractivity contribution in [1.29, 1.82) is 0 Å². The average Bonchev–Trinajstić information content (AvgIpc) is 2.48. The van der Waals surface area contributed by atoms with Crippen LogP contribution in [0.1, 0.15) is 35.0 Å². The van der Waals surface area contributed by atoms with Crippen molar-refractivity contribution in [3.63, 3.8) is 0 Å². The van der Waals surface area contributed by atoms with Gasteiger partial charge in [-0.2, -0.15) is 0 Å². The Labute approximate surface area is 76.4 Å². The van der Waals surface area contributed by atoms with Crippen LogP contribution in [0, 0.1) is 0 Å². The molecule has 0 spiro atoms. The van der Waals surface area contributed by atoms with Crippen LogP contribution in [0.5, 0.6) is 0 Å². The van der Waals surface area contributed by atoms with Crippen LogP contribution in [0.4, 0.5) is 0 Å². The molecule has 0 aliphatic heterocycles. The predicted octanol–water partition coefficient (Wildman–Crippen LogP) is 2.19. The number of unbranched alkanes of at least 4 members (excludes halogenated alkanes) is 1. The molecule has 0 unspecified atom stereocenters. The Hall–Kier alpha value is -0.830. The van der Waals surface area contributed by atoms with E-state index in [-0.39, 0.29) is 5.91 Å². The van der Waals surface area contributed by atoms with Gasteiger partial charge in [0.1, 0.15) is 0 Å². The standard InChI is InChI=1S/C9H13NOS/c1-2-3-4-8-7(9(10)11)5-6-12-8/h5-6H,2-4H2,1H3,(H2,10,11). The number of amides is 1. The first-order valence-corrected chi connectivity index (χ1v) is 4.99. The number of primary amides is 1. The maximum Gasteiger partial charge on any atom is 0.249 e. The molecule has 0 aliphatic rings. The molecule has 12 heavy (non-hydrogen) atoms. The lowest BCUT2D eigenvalue weighted by Crippen LogP contribution is -2.11. The van der Waals surface area contributed by atoms with Gasteiger partial charge in [0.2, 0.25) is 5.91 Å². The van der Waals surface area contributed by atoms with E-state index in [9.17, 15) is 4.79 Å². The summed E-state index contributed by atoms with van der Waals surface area (Å²) in [7, 11) is 0. The second-order valence-corrected chi connectivity index (χ2v) is 3.73. The highest BCUT2D eigenvalue weighted by molar-refractivity contribution is 7.10. The molecular weight excluding hydrogens is 170 g/mol. The minimum atomic E-state index is -0.303. The molecule has 0 aliphatic carbocycles. The summed E-state index contributed by atoms with van der Waals surface area (Å²) in [6, 6.07) is 1.80. The molecule has 0 aromatic carbocycles. The van der Waals surface area contributed by atoms with E-state index in [2.05, 4.69) is 6.92 Å². The largest absolute Gasteiger partial charge is 0.366 e. The number of aryl methyl sites for hydroxylation is 1. The summed E-state index contributed by atoms with van der Waals surface area (Å²) in [5.41, 5.74) is 5.90. The highest BCUT2D eigenvalue weighted by Crippen LogP contribution is 2.18. The second kappa shape index (κ2) is 4.26. The van der Waals surface area contributed by atoms with E-state index in [1.807, 2.05) is 5.38 Å². The van der Waals surface area contributed by atoms with Gasteiger partial charge in [0.25, 0.3) is 0 Å². The smallest absolute Gasteiger partial charge is 0.249 e. The van der Waals surface area contributed by atoms with Gasteiger partial charge in [-0.05, 0) is 24.3 Å². The summed E-state index contributed by atoms with van der Waals surface area (Å²) < 4.78 is 0. The van der Waals surface area contributed by atoms with Crippen LogP contribution in [-0.4, -0.2) is 5.91 Å². The minimum absolute atomic E-state index is 0.303. The first-order chi connectivity index (χ1) is 5.75. The molecule has 0 bridgehead atoms. The summed E-state index contributed by atoms with van der Waals surface area (Å²) in [6.45, 7) is 2.14. The third kappa shape index (κ3) is 2.08. The van der Waals surface area contributed by atoms with E-state index in [1.54, 1.807) is 17.4 Å². The minimum Gasteiger partial charge on any atom is -0.366 e.